The van der Waals surface area contributed by atoms with E-state index in [0.29, 0.717) is 0 Å². The summed E-state index contributed by atoms with van der Waals surface area (Å²) in [5, 5.41) is 36.1. The summed E-state index contributed by atoms with van der Waals surface area (Å²) < 4.78 is 52.9. The number of aromatic nitrogens is 3. The van der Waals surface area contributed by atoms with E-state index in [1.54, 1.807) is 6.07 Å². The van der Waals surface area contributed by atoms with Crippen molar-refractivity contribution < 1.29 is 61.4 Å². The van der Waals surface area contributed by atoms with Crippen LogP contribution in [0.5, 0.6) is 0 Å². The van der Waals surface area contributed by atoms with Gasteiger partial charge in [-0.3, -0.25) is 4.52 Å². The largest absolute Gasteiger partial charge is 0.490 e. The van der Waals surface area contributed by atoms with Crippen molar-refractivity contribution >= 4 is 34.8 Å². The van der Waals surface area contributed by atoms with Gasteiger partial charge in [0, 0.05) is 0 Å². The molecule has 2 aliphatic rings. The van der Waals surface area contributed by atoms with E-state index in [-0.39, 0.29) is 17.0 Å². The summed E-state index contributed by atoms with van der Waals surface area (Å²) in [6.45, 7) is 0.973. The average molecular weight is 543 g/mol. The van der Waals surface area contributed by atoms with Gasteiger partial charge in [0.05, 0.1) is 5.69 Å². The second kappa shape index (κ2) is 7.36. The van der Waals surface area contributed by atoms with Gasteiger partial charge in [-0.05, 0) is 19.1 Å². The lowest BCUT2D eigenvalue weighted by Crippen LogP contribution is -2.57. The molecule has 1 saturated carbocycles. The molecule has 18 nitrogen and oxygen atoms in total. The maximum atomic E-state index is 12.1. The lowest BCUT2D eigenvalue weighted by atomic mass is 9.78. The van der Waals surface area contributed by atoms with Crippen molar-refractivity contribution in [2.45, 2.75) is 35.9 Å². The van der Waals surface area contributed by atoms with E-state index in [2.05, 4.69) is 23.2 Å². The molecular weight excluding hydrogens is 527 g/mol. The van der Waals surface area contributed by atoms with Crippen LogP contribution in [0.1, 0.15) is 12.6 Å². The van der Waals surface area contributed by atoms with Crippen LogP contribution in [0.15, 0.2) is 18.5 Å². The summed E-state index contributed by atoms with van der Waals surface area (Å²) in [5.41, 5.74) is -1.48. The zero-order valence-electron chi connectivity index (χ0n) is 16.6. The minimum absolute atomic E-state index is 0.0291. The summed E-state index contributed by atoms with van der Waals surface area (Å²) in [5.74, 6) is 0.0291. The highest BCUT2D eigenvalue weighted by Crippen LogP contribution is 2.71. The first-order chi connectivity index (χ1) is 15.4. The normalized spacial score (nSPS) is 36.4. The Balaban J connectivity index is 1.62. The van der Waals surface area contributed by atoms with Crippen molar-refractivity contribution in [3.63, 3.8) is 0 Å². The Bertz CT molecular complexity index is 1370. The Morgan fingerprint density at radius 3 is 2.35 bits per heavy atom. The maximum absolute atomic E-state index is 12.1. The number of nitriles is 1. The number of fused-ring (bicyclic) bond motifs is 2. The van der Waals surface area contributed by atoms with Crippen LogP contribution in [0.25, 0.3) is 5.52 Å². The van der Waals surface area contributed by atoms with Gasteiger partial charge in [-0.2, -0.15) is 19.0 Å². The number of anilines is 1. The molecule has 2 fully saturated rings. The van der Waals surface area contributed by atoms with Gasteiger partial charge in [0.1, 0.15) is 35.7 Å². The number of hydrogen-bond donors (Lipinski definition) is 7. The summed E-state index contributed by atoms with van der Waals surface area (Å²) in [7, 11) is -17.1. The lowest BCUT2D eigenvalue weighted by molar-refractivity contribution is -0.167. The molecule has 3 heterocycles. The molecule has 2 aromatic heterocycles. The number of hydrogen-bond acceptors (Lipinski definition) is 13. The van der Waals surface area contributed by atoms with E-state index in [1.165, 1.54) is 12.1 Å². The molecule has 3 unspecified atom stereocenters. The van der Waals surface area contributed by atoms with E-state index in [1.807, 2.05) is 0 Å². The molecule has 1 aliphatic carbocycles. The zero-order chi connectivity index (χ0) is 25.5. The van der Waals surface area contributed by atoms with Crippen molar-refractivity contribution in [2.24, 2.45) is 0 Å². The number of nitrogen functional groups attached to an aromatic ring is 1. The quantitative estimate of drug-likeness (QED) is 0.198. The van der Waals surface area contributed by atoms with E-state index in [4.69, 9.17) is 20.3 Å². The maximum Gasteiger partial charge on any atom is 0.490 e. The Labute approximate surface area is 188 Å². The second-order valence-electron chi connectivity index (χ2n) is 7.51. The van der Waals surface area contributed by atoms with Gasteiger partial charge in [-0.15, -0.1) is 0 Å². The molecule has 1 aliphatic heterocycles. The van der Waals surface area contributed by atoms with E-state index in [0.717, 1.165) is 17.8 Å². The number of nitrogens with zero attached hydrogens (tertiary/aromatic N) is 4. The summed E-state index contributed by atoms with van der Waals surface area (Å²) in [4.78, 5) is 39.9. The van der Waals surface area contributed by atoms with Crippen molar-refractivity contribution in [1.29, 1.82) is 5.26 Å². The fourth-order valence-corrected chi connectivity index (χ4v) is 7.12. The van der Waals surface area contributed by atoms with Gasteiger partial charge in [-0.25, -0.2) is 23.2 Å². The molecule has 0 spiro atoms. The molecular formula is C13H16N5O13P3. The highest BCUT2D eigenvalue weighted by Gasteiger charge is 2.89. The van der Waals surface area contributed by atoms with Crippen LogP contribution in [-0.4, -0.2) is 67.8 Å². The number of phosphoric ester groups is 1. The number of rotatable bonds is 7. The molecule has 7 atom stereocenters. The van der Waals surface area contributed by atoms with Gasteiger partial charge in [0.15, 0.2) is 11.4 Å². The van der Waals surface area contributed by atoms with Crippen molar-refractivity contribution in [2.75, 3.05) is 5.73 Å². The van der Waals surface area contributed by atoms with Crippen LogP contribution in [0, 0.1) is 11.3 Å². The van der Waals surface area contributed by atoms with Crippen LogP contribution in [0.4, 0.5) is 5.82 Å². The lowest BCUT2D eigenvalue weighted by Gasteiger charge is -2.38. The fourth-order valence-electron chi connectivity index (χ4n) is 3.91. The smallest absolute Gasteiger partial charge is 0.382 e. The molecule has 8 N–H and O–H groups in total. The van der Waals surface area contributed by atoms with Crippen molar-refractivity contribution in [3.05, 3.63) is 24.2 Å². The molecule has 0 radical (unpaired) electrons. The van der Waals surface area contributed by atoms with E-state index >= 15 is 0 Å². The van der Waals surface area contributed by atoms with Crippen LogP contribution in [0.2, 0.25) is 0 Å². The van der Waals surface area contributed by atoms with Crippen molar-refractivity contribution in [3.8, 4) is 6.07 Å². The number of aliphatic hydroxyl groups is 2. The molecule has 0 bridgehead atoms. The second-order valence-corrected chi connectivity index (χ2v) is 11.9. The van der Waals surface area contributed by atoms with Gasteiger partial charge < -0.3 is 40.3 Å². The summed E-state index contributed by atoms with van der Waals surface area (Å²) in [6, 6.07) is 4.49. The third-order valence-corrected chi connectivity index (χ3v) is 9.29. The topological polar surface area (TPSA) is 290 Å². The molecule has 21 heteroatoms. The Morgan fingerprint density at radius 2 is 1.82 bits per heavy atom. The molecule has 34 heavy (non-hydrogen) atoms. The first-order valence-electron chi connectivity index (χ1n) is 8.85. The first kappa shape index (κ1) is 25.3. The van der Waals surface area contributed by atoms with E-state index < -0.39 is 52.5 Å². The first-order valence-corrected chi connectivity index (χ1v) is 13.4. The molecule has 0 amide bonds. The van der Waals surface area contributed by atoms with Crippen LogP contribution in [-0.2, 0) is 37.2 Å². The van der Waals surface area contributed by atoms with Gasteiger partial charge >= 0.3 is 23.5 Å². The van der Waals surface area contributed by atoms with Gasteiger partial charge in [0.25, 0.3) is 0 Å². The highest BCUT2D eigenvalue weighted by atomic mass is 31.3. The van der Waals surface area contributed by atoms with Gasteiger partial charge in [0.2, 0.25) is 5.60 Å². The van der Waals surface area contributed by atoms with Crippen LogP contribution in [0.3, 0.4) is 0 Å². The number of nitrogens with two attached hydrogens (primary N) is 1. The van der Waals surface area contributed by atoms with Crippen molar-refractivity contribution in [1.82, 2.24) is 14.6 Å². The SMILES string of the molecule is C[C@]1(O)[C@](C#N)(c2ccc3c(N)ncnn23)O[C@@H]2C(OP(=O)(O)OP(=O)(O)OP(=O)(O)O)[C@@]21O. The third-order valence-electron chi connectivity index (χ3n) is 5.47. The fraction of sp³-hybridized carbons (Fsp3) is 0.462. The third kappa shape index (κ3) is 3.63. The van der Waals surface area contributed by atoms with Gasteiger partial charge in [-0.1, -0.05) is 0 Å². The predicted molar refractivity (Wildman–Crippen MR) is 104 cm³/mol. The number of phosphoric acid groups is 3. The Hall–Kier alpha value is -1.80. The predicted octanol–water partition coefficient (Wildman–Crippen LogP) is -1.36. The van der Waals surface area contributed by atoms with Crippen LogP contribution < -0.4 is 5.73 Å². The van der Waals surface area contributed by atoms with Crippen LogP contribution >= 0.6 is 23.5 Å². The summed E-state index contributed by atoms with van der Waals surface area (Å²) in [6.07, 6.45) is -2.47. The Morgan fingerprint density at radius 1 is 1.18 bits per heavy atom. The Kier molecular flexibility index (Phi) is 5.47. The highest BCUT2D eigenvalue weighted by molar-refractivity contribution is 7.66. The monoisotopic (exact) mass is 543 g/mol. The molecule has 0 aromatic carbocycles. The minimum Gasteiger partial charge on any atom is -0.382 e. The number of ether oxygens (including phenoxy) is 1. The average Bonchev–Trinajstić information content (AvgIpc) is 2.97. The summed E-state index contributed by atoms with van der Waals surface area (Å²) >= 11 is 0. The molecule has 1 saturated heterocycles. The standard InChI is InChI=1S/C13H16N5O13P3/c1-11(19)12(4-14,7-3-2-6-10(15)16-5-17-18(6)7)28-8-9(13(8,11)20)29-33(24,25)31-34(26,27)30-32(21,22)23/h2-3,5,8-9,19-20H,1H3,(H,24,25)(H,26,27)(H2,15,16,17)(H2,21,22,23)/t8-,9?,11+,12+,13+/m1/s1. The van der Waals surface area contributed by atoms with E-state index in [9.17, 15) is 39.0 Å². The molecule has 2 aromatic rings. The minimum atomic E-state index is -5.82. The molecule has 186 valence electrons. The zero-order valence-corrected chi connectivity index (χ0v) is 19.3. The molecule has 4 rings (SSSR count).